The van der Waals surface area contributed by atoms with Gasteiger partial charge >= 0.3 is 0 Å². The lowest BCUT2D eigenvalue weighted by Crippen LogP contribution is -2.11. The van der Waals surface area contributed by atoms with Gasteiger partial charge in [-0.1, -0.05) is 107 Å². The normalized spacial score (nSPS) is 11.4. The summed E-state index contributed by atoms with van der Waals surface area (Å²) in [5.41, 5.74) is 14.3. The van der Waals surface area contributed by atoms with Crippen molar-refractivity contribution in [2.75, 3.05) is 0 Å². The van der Waals surface area contributed by atoms with Gasteiger partial charge in [-0.25, -0.2) is 0 Å². The molecule has 0 aliphatic carbocycles. The molecule has 0 saturated heterocycles. The Morgan fingerprint density at radius 3 is 1.00 bits per heavy atom. The van der Waals surface area contributed by atoms with Gasteiger partial charge in [-0.15, -0.1) is 0 Å². The van der Waals surface area contributed by atoms with Crippen LogP contribution in [0.4, 0.5) is 0 Å². The molecule has 0 bridgehead atoms. The number of benzene rings is 7. The van der Waals surface area contributed by atoms with Crippen molar-refractivity contribution < 1.29 is 0 Å². The maximum Gasteiger partial charge on any atom is 0.102 e. The van der Waals surface area contributed by atoms with Crippen LogP contribution in [0.5, 0.6) is 0 Å². The van der Waals surface area contributed by atoms with Crippen LogP contribution >= 0.6 is 0 Å². The summed E-state index contributed by atoms with van der Waals surface area (Å²) in [7, 11) is 0. The topological polar surface area (TPSA) is 57.4 Å². The summed E-state index contributed by atoms with van der Waals surface area (Å²) in [6.45, 7) is 8.47. The fraction of sp³-hybridized carbons (Fsp3) is 0.0833. The largest absolute Gasteiger partial charge is 0.307 e. The summed E-state index contributed by atoms with van der Waals surface area (Å²) < 4.78 is 4.54. The highest BCUT2D eigenvalue weighted by atomic mass is 15.0. The fourth-order valence-corrected chi connectivity index (χ4v) is 8.14. The van der Waals surface area contributed by atoms with Crippen molar-refractivity contribution in [3.8, 4) is 45.8 Å². The first-order valence-corrected chi connectivity index (χ1v) is 17.6. The van der Waals surface area contributed by atoms with E-state index in [1.165, 1.54) is 22.3 Å². The summed E-state index contributed by atoms with van der Waals surface area (Å²) in [5.74, 6) is 0. The van der Waals surface area contributed by atoms with E-state index >= 15 is 0 Å². The van der Waals surface area contributed by atoms with Crippen LogP contribution in [0.2, 0.25) is 0 Å². The minimum atomic E-state index is 0.456. The number of rotatable bonds is 4. The van der Waals surface area contributed by atoms with Gasteiger partial charge in [-0.2, -0.15) is 10.5 Å². The summed E-state index contributed by atoms with van der Waals surface area (Å²) in [4.78, 5) is 0. The first-order valence-electron chi connectivity index (χ1n) is 17.6. The molecule has 0 unspecified atom stereocenters. The summed E-state index contributed by atoms with van der Waals surface area (Å²) in [5, 5.41) is 27.3. The predicted molar refractivity (Wildman–Crippen MR) is 214 cm³/mol. The van der Waals surface area contributed by atoms with E-state index < -0.39 is 0 Å². The van der Waals surface area contributed by atoms with Gasteiger partial charge < -0.3 is 9.13 Å². The van der Waals surface area contributed by atoms with Gasteiger partial charge in [0.2, 0.25) is 0 Å². The standard InChI is InChI=1S/C48H34N4/c1-29-15-19-41-35(23-29)36-24-30(2)16-20-42(36)51(41)47-39(27-49)45(33-11-7-5-8-12-33)40(28-50)48(46(47)34-13-9-6-10-14-34)52-43-21-17-31(3)25-37(43)38-26-32(4)18-22-44(38)52/h5-26H,1-4H3. The molecule has 4 nitrogen and oxygen atoms in total. The highest BCUT2D eigenvalue weighted by Gasteiger charge is 2.31. The van der Waals surface area contributed by atoms with Crippen LogP contribution < -0.4 is 0 Å². The number of hydrogen-bond acceptors (Lipinski definition) is 2. The molecule has 0 atom stereocenters. The highest BCUT2D eigenvalue weighted by molar-refractivity contribution is 6.14. The van der Waals surface area contributed by atoms with Crippen molar-refractivity contribution in [3.63, 3.8) is 0 Å². The molecule has 0 spiro atoms. The summed E-state index contributed by atoms with van der Waals surface area (Å²) in [6, 6.07) is 51.7. The number of nitrogens with zero attached hydrogens (tertiary/aromatic N) is 4. The first-order chi connectivity index (χ1) is 25.4. The predicted octanol–water partition coefficient (Wildman–Crippen LogP) is 12.2. The average Bonchev–Trinajstić information content (AvgIpc) is 3.64. The van der Waals surface area contributed by atoms with Gasteiger partial charge in [0.15, 0.2) is 0 Å². The smallest absolute Gasteiger partial charge is 0.102 e. The van der Waals surface area contributed by atoms with Gasteiger partial charge in [0, 0.05) is 32.7 Å². The Balaban J connectivity index is 1.62. The fourth-order valence-electron chi connectivity index (χ4n) is 8.14. The van der Waals surface area contributed by atoms with Crippen LogP contribution in [0, 0.1) is 50.4 Å². The SMILES string of the molecule is Cc1ccc2c(c1)c1cc(C)ccc1n2-c1c(C#N)c(-c2ccccc2)c(C#N)c(-n2c3ccc(C)cc3c3cc(C)ccc32)c1-c1ccccc1. The molecule has 2 heterocycles. The van der Waals surface area contributed by atoms with E-state index in [1.807, 2.05) is 48.5 Å². The molecule has 4 heteroatoms. The third-order valence-corrected chi connectivity index (χ3v) is 10.4. The number of aryl methyl sites for hydroxylation is 4. The lowest BCUT2D eigenvalue weighted by molar-refractivity contribution is 1.12. The molecule has 52 heavy (non-hydrogen) atoms. The van der Waals surface area contributed by atoms with Crippen LogP contribution in [-0.4, -0.2) is 9.13 Å². The third-order valence-electron chi connectivity index (χ3n) is 10.4. The van der Waals surface area contributed by atoms with Crippen molar-refractivity contribution >= 4 is 43.6 Å². The Bertz CT molecular complexity index is 2720. The van der Waals surface area contributed by atoms with Gasteiger partial charge in [0.1, 0.15) is 12.1 Å². The average molecular weight is 667 g/mol. The van der Waals surface area contributed by atoms with Crippen LogP contribution in [0.15, 0.2) is 133 Å². The van der Waals surface area contributed by atoms with Crippen LogP contribution in [0.1, 0.15) is 33.4 Å². The van der Waals surface area contributed by atoms with Gasteiger partial charge in [-0.3, -0.25) is 0 Å². The van der Waals surface area contributed by atoms with E-state index in [9.17, 15) is 10.5 Å². The lowest BCUT2D eigenvalue weighted by atomic mass is 9.86. The van der Waals surface area contributed by atoms with Crippen LogP contribution in [0.3, 0.4) is 0 Å². The van der Waals surface area contributed by atoms with Crippen molar-refractivity contribution in [3.05, 3.63) is 167 Å². The molecular formula is C48H34N4. The molecule has 0 aliphatic rings. The molecule has 0 N–H and O–H groups in total. The minimum absolute atomic E-state index is 0.456. The van der Waals surface area contributed by atoms with Gasteiger partial charge in [0.05, 0.1) is 44.6 Å². The number of hydrogen-bond donors (Lipinski definition) is 0. The molecule has 2 aromatic heterocycles. The number of nitriles is 2. The molecule has 9 rings (SSSR count). The van der Waals surface area contributed by atoms with E-state index in [1.54, 1.807) is 0 Å². The second kappa shape index (κ2) is 11.9. The minimum Gasteiger partial charge on any atom is -0.307 e. The molecule has 7 aromatic carbocycles. The molecule has 9 aromatic rings. The van der Waals surface area contributed by atoms with Crippen molar-refractivity contribution in [2.45, 2.75) is 27.7 Å². The van der Waals surface area contributed by atoms with E-state index in [0.717, 1.165) is 71.7 Å². The molecule has 0 fully saturated rings. The molecule has 0 amide bonds. The monoisotopic (exact) mass is 666 g/mol. The van der Waals surface area contributed by atoms with Gasteiger partial charge in [-0.05, 0) is 87.4 Å². The van der Waals surface area contributed by atoms with Crippen molar-refractivity contribution in [1.82, 2.24) is 9.13 Å². The maximum atomic E-state index is 11.4. The second-order valence-electron chi connectivity index (χ2n) is 13.9. The number of fused-ring (bicyclic) bond motifs is 6. The molecular weight excluding hydrogens is 633 g/mol. The Morgan fingerprint density at radius 2 is 0.692 bits per heavy atom. The molecule has 0 radical (unpaired) electrons. The zero-order chi connectivity index (χ0) is 35.7. The Hall–Kier alpha value is -6.88. The maximum absolute atomic E-state index is 11.4. The van der Waals surface area contributed by atoms with E-state index in [0.29, 0.717) is 16.7 Å². The Labute approximate surface area is 302 Å². The third kappa shape index (κ3) is 4.59. The van der Waals surface area contributed by atoms with E-state index in [2.05, 4.69) is 134 Å². The summed E-state index contributed by atoms with van der Waals surface area (Å²) in [6.07, 6.45) is 0. The first kappa shape index (κ1) is 31.1. The summed E-state index contributed by atoms with van der Waals surface area (Å²) >= 11 is 0. The Morgan fingerprint density at radius 1 is 0.385 bits per heavy atom. The Kier molecular flexibility index (Phi) is 7.11. The quantitative estimate of drug-likeness (QED) is 0.188. The van der Waals surface area contributed by atoms with E-state index in [-0.39, 0.29) is 0 Å². The van der Waals surface area contributed by atoms with E-state index in [4.69, 9.17) is 0 Å². The number of aromatic nitrogens is 2. The molecule has 246 valence electrons. The van der Waals surface area contributed by atoms with Crippen LogP contribution in [-0.2, 0) is 0 Å². The zero-order valence-corrected chi connectivity index (χ0v) is 29.5. The lowest BCUT2D eigenvalue weighted by Gasteiger charge is -2.25. The zero-order valence-electron chi connectivity index (χ0n) is 29.5. The van der Waals surface area contributed by atoms with Gasteiger partial charge in [0.25, 0.3) is 0 Å². The molecule has 0 aliphatic heterocycles. The molecule has 0 saturated carbocycles. The second-order valence-corrected chi connectivity index (χ2v) is 13.9. The highest BCUT2D eigenvalue weighted by Crippen LogP contribution is 2.48. The van der Waals surface area contributed by atoms with Crippen molar-refractivity contribution in [2.24, 2.45) is 0 Å². The van der Waals surface area contributed by atoms with Crippen molar-refractivity contribution in [1.29, 1.82) is 10.5 Å². The van der Waals surface area contributed by atoms with Crippen LogP contribution in [0.25, 0.3) is 77.2 Å².